The van der Waals surface area contributed by atoms with Crippen molar-refractivity contribution in [2.45, 2.75) is 37.8 Å². The first-order chi connectivity index (χ1) is 7.55. The van der Waals surface area contributed by atoms with Gasteiger partial charge in [0.1, 0.15) is 5.54 Å². The molecule has 0 aliphatic carbocycles. The fourth-order valence-corrected chi connectivity index (χ4v) is 1.18. The zero-order chi connectivity index (χ0) is 12.6. The van der Waals surface area contributed by atoms with E-state index in [1.807, 2.05) is 6.92 Å². The molecular formula is C10H22N2O4. The van der Waals surface area contributed by atoms with E-state index in [1.165, 1.54) is 0 Å². The number of aliphatic hydroxyl groups is 3. The molecule has 0 fully saturated rings. The molecule has 6 nitrogen and oxygen atoms in total. The van der Waals surface area contributed by atoms with Crippen molar-refractivity contribution in [3.8, 4) is 0 Å². The highest BCUT2D eigenvalue weighted by Gasteiger charge is 2.31. The van der Waals surface area contributed by atoms with Gasteiger partial charge in [0.2, 0.25) is 5.91 Å². The van der Waals surface area contributed by atoms with Crippen LogP contribution in [0, 0.1) is 0 Å². The number of aliphatic hydroxyl groups excluding tert-OH is 3. The van der Waals surface area contributed by atoms with E-state index >= 15 is 0 Å². The van der Waals surface area contributed by atoms with Crippen LogP contribution < -0.4 is 11.1 Å². The Morgan fingerprint density at radius 2 is 1.81 bits per heavy atom. The Bertz CT molecular complexity index is 199. The van der Waals surface area contributed by atoms with Gasteiger partial charge in [0, 0.05) is 0 Å². The van der Waals surface area contributed by atoms with Gasteiger partial charge in [0.25, 0.3) is 0 Å². The van der Waals surface area contributed by atoms with E-state index < -0.39 is 37.3 Å². The normalized spacial score (nSPS) is 13.6. The second-order valence-electron chi connectivity index (χ2n) is 3.99. The quantitative estimate of drug-likeness (QED) is 0.344. The molecule has 1 amide bonds. The minimum atomic E-state index is -1.39. The van der Waals surface area contributed by atoms with Gasteiger partial charge in [0.05, 0.1) is 25.9 Å². The predicted molar refractivity (Wildman–Crippen MR) is 59.6 cm³/mol. The van der Waals surface area contributed by atoms with E-state index in [1.54, 1.807) is 0 Å². The summed E-state index contributed by atoms with van der Waals surface area (Å²) in [5.41, 5.74) is 4.23. The van der Waals surface area contributed by atoms with Crippen LogP contribution in [0.1, 0.15) is 26.2 Å². The molecule has 0 aromatic heterocycles. The minimum absolute atomic E-state index is 0.467. The summed E-state index contributed by atoms with van der Waals surface area (Å²) in [4.78, 5) is 11.6. The topological polar surface area (TPSA) is 116 Å². The molecule has 6 N–H and O–H groups in total. The third-order valence-corrected chi connectivity index (χ3v) is 2.50. The molecule has 16 heavy (non-hydrogen) atoms. The Balaban J connectivity index is 4.28. The van der Waals surface area contributed by atoms with Crippen LogP contribution in [0.4, 0.5) is 0 Å². The number of rotatable bonds is 8. The molecule has 0 bridgehead atoms. The summed E-state index contributed by atoms with van der Waals surface area (Å²) < 4.78 is 0. The number of unbranched alkanes of at least 4 members (excludes halogenated alkanes) is 1. The smallest absolute Gasteiger partial charge is 0.237 e. The number of nitrogens with one attached hydrogen (secondary N) is 1. The van der Waals surface area contributed by atoms with Gasteiger partial charge in [-0.15, -0.1) is 0 Å². The molecule has 0 aliphatic heterocycles. The summed E-state index contributed by atoms with van der Waals surface area (Å²) in [7, 11) is 0. The van der Waals surface area contributed by atoms with Crippen molar-refractivity contribution < 1.29 is 20.1 Å². The maximum atomic E-state index is 11.6. The average Bonchev–Trinajstić information content (AvgIpc) is 2.32. The third kappa shape index (κ3) is 4.44. The number of carbonyl (C=O) groups excluding carboxylic acids is 1. The van der Waals surface area contributed by atoms with Crippen LogP contribution in [-0.2, 0) is 4.79 Å². The zero-order valence-electron chi connectivity index (χ0n) is 9.65. The minimum Gasteiger partial charge on any atom is -0.394 e. The molecule has 0 unspecified atom stereocenters. The Hall–Kier alpha value is -0.690. The molecule has 0 rings (SSSR count). The van der Waals surface area contributed by atoms with E-state index in [9.17, 15) is 4.79 Å². The van der Waals surface area contributed by atoms with Crippen LogP contribution in [-0.4, -0.2) is 52.6 Å². The number of hydrogen-bond acceptors (Lipinski definition) is 5. The molecule has 0 aliphatic rings. The van der Waals surface area contributed by atoms with Crippen molar-refractivity contribution >= 4 is 5.91 Å². The summed E-state index contributed by atoms with van der Waals surface area (Å²) >= 11 is 0. The SMILES string of the molecule is CCCC[C@H](N)C(=O)NC(CO)(CO)CO. The van der Waals surface area contributed by atoms with Crippen molar-refractivity contribution in [2.24, 2.45) is 5.73 Å². The van der Waals surface area contributed by atoms with Crippen molar-refractivity contribution in [3.05, 3.63) is 0 Å². The molecule has 0 heterocycles. The van der Waals surface area contributed by atoms with Crippen molar-refractivity contribution in [3.63, 3.8) is 0 Å². The van der Waals surface area contributed by atoms with Gasteiger partial charge in [0.15, 0.2) is 0 Å². The highest BCUT2D eigenvalue weighted by Crippen LogP contribution is 2.04. The summed E-state index contributed by atoms with van der Waals surface area (Å²) in [6.45, 7) is 0.384. The number of nitrogens with two attached hydrogens (primary N) is 1. The summed E-state index contributed by atoms with van der Waals surface area (Å²) in [5.74, 6) is -0.467. The first kappa shape index (κ1) is 15.3. The first-order valence-electron chi connectivity index (χ1n) is 5.45. The van der Waals surface area contributed by atoms with Gasteiger partial charge in [-0.05, 0) is 6.42 Å². The van der Waals surface area contributed by atoms with Crippen LogP contribution in [0.15, 0.2) is 0 Å². The molecule has 0 saturated heterocycles. The van der Waals surface area contributed by atoms with Crippen LogP contribution >= 0.6 is 0 Å². The van der Waals surface area contributed by atoms with E-state index in [0.29, 0.717) is 6.42 Å². The predicted octanol–water partition coefficient (Wildman–Crippen LogP) is -1.66. The van der Waals surface area contributed by atoms with Gasteiger partial charge in [-0.3, -0.25) is 4.79 Å². The van der Waals surface area contributed by atoms with E-state index in [4.69, 9.17) is 21.1 Å². The Morgan fingerprint density at radius 3 is 2.19 bits per heavy atom. The van der Waals surface area contributed by atoms with Gasteiger partial charge in [-0.2, -0.15) is 0 Å². The molecule has 0 spiro atoms. The number of amides is 1. The van der Waals surface area contributed by atoms with Crippen LogP contribution in [0.25, 0.3) is 0 Å². The average molecular weight is 234 g/mol. The van der Waals surface area contributed by atoms with Crippen LogP contribution in [0.2, 0.25) is 0 Å². The van der Waals surface area contributed by atoms with Crippen molar-refractivity contribution in [2.75, 3.05) is 19.8 Å². The highest BCUT2D eigenvalue weighted by atomic mass is 16.3. The Morgan fingerprint density at radius 1 is 1.31 bits per heavy atom. The number of hydrogen-bond donors (Lipinski definition) is 5. The lowest BCUT2D eigenvalue weighted by atomic mass is 10.0. The maximum Gasteiger partial charge on any atom is 0.237 e. The van der Waals surface area contributed by atoms with Crippen molar-refractivity contribution in [1.29, 1.82) is 0 Å². The Labute approximate surface area is 95.5 Å². The molecule has 1 atom stereocenters. The fourth-order valence-electron chi connectivity index (χ4n) is 1.18. The van der Waals surface area contributed by atoms with Gasteiger partial charge < -0.3 is 26.4 Å². The second kappa shape index (κ2) is 7.56. The van der Waals surface area contributed by atoms with E-state index in [0.717, 1.165) is 12.8 Å². The standard InChI is InChI=1S/C10H22N2O4/c1-2-3-4-8(11)9(16)12-10(5-13,6-14)7-15/h8,13-15H,2-7,11H2,1H3,(H,12,16)/t8-/m0/s1. The van der Waals surface area contributed by atoms with E-state index in [-0.39, 0.29) is 0 Å². The second-order valence-corrected chi connectivity index (χ2v) is 3.99. The lowest BCUT2D eigenvalue weighted by molar-refractivity contribution is -0.126. The highest BCUT2D eigenvalue weighted by molar-refractivity contribution is 5.82. The lowest BCUT2D eigenvalue weighted by Crippen LogP contribution is -2.60. The third-order valence-electron chi connectivity index (χ3n) is 2.50. The van der Waals surface area contributed by atoms with Gasteiger partial charge in [-0.1, -0.05) is 19.8 Å². The van der Waals surface area contributed by atoms with Crippen LogP contribution in [0.5, 0.6) is 0 Å². The Kier molecular flexibility index (Phi) is 7.24. The van der Waals surface area contributed by atoms with Crippen LogP contribution in [0.3, 0.4) is 0 Å². The summed E-state index contributed by atoms with van der Waals surface area (Å²) in [6, 6.07) is -0.677. The molecule has 0 radical (unpaired) electrons. The summed E-state index contributed by atoms with van der Waals surface area (Å²) in [6.07, 6.45) is 2.31. The van der Waals surface area contributed by atoms with E-state index in [2.05, 4.69) is 5.32 Å². The summed E-state index contributed by atoms with van der Waals surface area (Å²) in [5, 5.41) is 29.4. The molecule has 0 saturated carbocycles. The molecule has 96 valence electrons. The first-order valence-corrected chi connectivity index (χ1v) is 5.45. The molecule has 0 aromatic rings. The molecule has 0 aromatic carbocycles. The zero-order valence-corrected chi connectivity index (χ0v) is 9.65. The molecule has 6 heteroatoms. The largest absolute Gasteiger partial charge is 0.394 e. The fraction of sp³-hybridized carbons (Fsp3) is 0.900. The van der Waals surface area contributed by atoms with Gasteiger partial charge in [-0.25, -0.2) is 0 Å². The maximum absolute atomic E-state index is 11.6. The molecular weight excluding hydrogens is 212 g/mol. The van der Waals surface area contributed by atoms with Gasteiger partial charge >= 0.3 is 0 Å². The number of carbonyl (C=O) groups is 1. The monoisotopic (exact) mass is 234 g/mol. The van der Waals surface area contributed by atoms with Crippen molar-refractivity contribution in [1.82, 2.24) is 5.32 Å². The lowest BCUT2D eigenvalue weighted by Gasteiger charge is -2.29.